The van der Waals surface area contributed by atoms with Crippen molar-refractivity contribution in [2.24, 2.45) is 0 Å². The fraction of sp³-hybridized carbons (Fsp3) is 0.143. The molecule has 4 heteroatoms. The van der Waals surface area contributed by atoms with Crippen molar-refractivity contribution in [3.63, 3.8) is 0 Å². The maximum Gasteiger partial charge on any atom is 0.123 e. The van der Waals surface area contributed by atoms with Crippen LogP contribution in [0, 0.1) is 11.3 Å². The smallest absolute Gasteiger partial charge is 0.123 e. The summed E-state index contributed by atoms with van der Waals surface area (Å²) in [5.74, 6) is 0. The van der Waals surface area contributed by atoms with Crippen molar-refractivity contribution < 1.29 is 5.11 Å². The lowest BCUT2D eigenvalue weighted by atomic mass is 10.2. The molecule has 0 atom stereocenters. The summed E-state index contributed by atoms with van der Waals surface area (Å²) in [6, 6.07) is 3.54. The molecule has 0 amide bonds. The molecular weight excluding hydrogens is 208 g/mol. The van der Waals surface area contributed by atoms with E-state index < -0.39 is 0 Å². The number of pyridine rings is 1. The van der Waals surface area contributed by atoms with E-state index in [0.717, 1.165) is 0 Å². The Morgan fingerprint density at radius 1 is 1.73 bits per heavy atom. The monoisotopic (exact) mass is 212 g/mol. The predicted octanol–water partition coefficient (Wildman–Crippen LogP) is 1.21. The first kappa shape index (κ1) is 8.18. The van der Waals surface area contributed by atoms with Gasteiger partial charge < -0.3 is 5.11 Å². The Balaban J connectivity index is 3.15. The molecule has 0 spiro atoms. The van der Waals surface area contributed by atoms with Crippen LogP contribution in [0.4, 0.5) is 0 Å². The van der Waals surface area contributed by atoms with E-state index in [1.807, 2.05) is 6.07 Å². The van der Waals surface area contributed by atoms with E-state index in [9.17, 15) is 0 Å². The van der Waals surface area contributed by atoms with E-state index in [2.05, 4.69) is 20.9 Å². The van der Waals surface area contributed by atoms with Crippen LogP contribution in [0.25, 0.3) is 0 Å². The number of hydrogen-bond donors (Lipinski definition) is 1. The maximum absolute atomic E-state index is 8.68. The molecule has 0 aliphatic heterocycles. The van der Waals surface area contributed by atoms with Gasteiger partial charge in [-0.05, 0) is 27.6 Å². The zero-order valence-corrected chi connectivity index (χ0v) is 7.17. The van der Waals surface area contributed by atoms with Crippen LogP contribution in [0.1, 0.15) is 11.1 Å². The summed E-state index contributed by atoms with van der Waals surface area (Å²) >= 11 is 3.10. The molecule has 0 saturated heterocycles. The van der Waals surface area contributed by atoms with Crippen LogP contribution < -0.4 is 0 Å². The van der Waals surface area contributed by atoms with Crippen LogP contribution in [-0.2, 0) is 6.61 Å². The van der Waals surface area contributed by atoms with E-state index in [1.165, 1.54) is 6.20 Å². The number of rotatable bonds is 1. The van der Waals surface area contributed by atoms with Gasteiger partial charge in [-0.3, -0.25) is 0 Å². The number of aliphatic hydroxyl groups is 1. The van der Waals surface area contributed by atoms with Crippen molar-refractivity contribution in [1.29, 1.82) is 5.26 Å². The molecule has 56 valence electrons. The molecule has 0 saturated carbocycles. The van der Waals surface area contributed by atoms with Gasteiger partial charge in [0.05, 0.1) is 12.2 Å². The van der Waals surface area contributed by atoms with Crippen LogP contribution in [0.2, 0.25) is 0 Å². The lowest BCUT2D eigenvalue weighted by molar-refractivity contribution is 0.281. The predicted molar refractivity (Wildman–Crippen MR) is 42.6 cm³/mol. The van der Waals surface area contributed by atoms with Crippen molar-refractivity contribution in [2.45, 2.75) is 6.61 Å². The Morgan fingerprint density at radius 2 is 2.45 bits per heavy atom. The normalized spacial score (nSPS) is 9.18. The zero-order chi connectivity index (χ0) is 8.27. The largest absolute Gasteiger partial charge is 0.392 e. The highest BCUT2D eigenvalue weighted by Crippen LogP contribution is 2.13. The third kappa shape index (κ3) is 1.76. The molecule has 0 fully saturated rings. The van der Waals surface area contributed by atoms with Gasteiger partial charge in [0, 0.05) is 6.20 Å². The second kappa shape index (κ2) is 3.46. The Kier molecular flexibility index (Phi) is 2.58. The van der Waals surface area contributed by atoms with Gasteiger partial charge in [-0.1, -0.05) is 0 Å². The lowest BCUT2D eigenvalue weighted by Gasteiger charge is -1.96. The highest BCUT2D eigenvalue weighted by Gasteiger charge is 2.00. The quantitative estimate of drug-likeness (QED) is 0.713. The van der Waals surface area contributed by atoms with Crippen molar-refractivity contribution in [3.8, 4) is 6.07 Å². The third-order valence-corrected chi connectivity index (χ3v) is 1.83. The molecule has 0 aliphatic rings. The zero-order valence-electron chi connectivity index (χ0n) is 5.58. The lowest BCUT2D eigenvalue weighted by Crippen LogP contribution is -1.88. The molecule has 0 radical (unpaired) electrons. The second-order valence-corrected chi connectivity index (χ2v) is 2.70. The van der Waals surface area contributed by atoms with E-state index in [0.29, 0.717) is 15.7 Å². The van der Waals surface area contributed by atoms with Crippen molar-refractivity contribution >= 4 is 15.9 Å². The average molecular weight is 213 g/mol. The van der Waals surface area contributed by atoms with E-state index >= 15 is 0 Å². The van der Waals surface area contributed by atoms with E-state index in [1.54, 1.807) is 6.07 Å². The summed E-state index contributed by atoms with van der Waals surface area (Å²) in [4.78, 5) is 3.85. The molecule has 1 N–H and O–H groups in total. The van der Waals surface area contributed by atoms with Gasteiger partial charge in [0.15, 0.2) is 0 Å². The first-order chi connectivity index (χ1) is 5.27. The van der Waals surface area contributed by atoms with Crippen LogP contribution in [-0.4, -0.2) is 10.1 Å². The maximum atomic E-state index is 8.68. The summed E-state index contributed by atoms with van der Waals surface area (Å²) in [7, 11) is 0. The fourth-order valence-corrected chi connectivity index (χ4v) is 0.962. The number of aliphatic hydroxyl groups excluding tert-OH is 1. The van der Waals surface area contributed by atoms with Gasteiger partial charge in [-0.15, -0.1) is 0 Å². The van der Waals surface area contributed by atoms with Gasteiger partial charge in [-0.2, -0.15) is 5.26 Å². The Labute approximate surface area is 72.4 Å². The summed E-state index contributed by atoms with van der Waals surface area (Å²) in [6.45, 7) is -0.0883. The minimum Gasteiger partial charge on any atom is -0.392 e. The van der Waals surface area contributed by atoms with Crippen LogP contribution in [0.15, 0.2) is 16.9 Å². The molecule has 1 aromatic rings. The Bertz CT molecular complexity index is 306. The van der Waals surface area contributed by atoms with Crippen LogP contribution in [0.5, 0.6) is 0 Å². The number of halogens is 1. The SMILES string of the molecule is N#Cc1cc(CO)cnc1Br. The summed E-state index contributed by atoms with van der Waals surface area (Å²) in [5, 5.41) is 17.2. The van der Waals surface area contributed by atoms with Crippen molar-refractivity contribution in [1.82, 2.24) is 4.98 Å². The van der Waals surface area contributed by atoms with Crippen molar-refractivity contribution in [2.75, 3.05) is 0 Å². The summed E-state index contributed by atoms with van der Waals surface area (Å²) in [5.41, 5.74) is 1.08. The van der Waals surface area contributed by atoms with E-state index in [4.69, 9.17) is 10.4 Å². The van der Waals surface area contributed by atoms with Crippen molar-refractivity contribution in [3.05, 3.63) is 28.0 Å². The van der Waals surface area contributed by atoms with Crippen LogP contribution in [0.3, 0.4) is 0 Å². The van der Waals surface area contributed by atoms with E-state index in [-0.39, 0.29) is 6.61 Å². The molecule has 1 aromatic heterocycles. The Morgan fingerprint density at radius 3 is 3.00 bits per heavy atom. The number of nitriles is 1. The van der Waals surface area contributed by atoms with Gasteiger partial charge >= 0.3 is 0 Å². The first-order valence-electron chi connectivity index (χ1n) is 2.93. The molecule has 0 aliphatic carbocycles. The van der Waals surface area contributed by atoms with Gasteiger partial charge in [0.25, 0.3) is 0 Å². The first-order valence-corrected chi connectivity index (χ1v) is 3.72. The third-order valence-electron chi connectivity index (χ3n) is 1.20. The minimum absolute atomic E-state index is 0.0883. The van der Waals surface area contributed by atoms with Gasteiger partial charge in [-0.25, -0.2) is 4.98 Å². The minimum atomic E-state index is -0.0883. The molecule has 0 bridgehead atoms. The average Bonchev–Trinajstić information content (AvgIpc) is 2.05. The standard InChI is InChI=1S/C7H5BrN2O/c8-7-6(2-9)1-5(4-11)3-10-7/h1,3,11H,4H2. The second-order valence-electron chi connectivity index (χ2n) is 1.95. The fourth-order valence-electron chi connectivity index (χ4n) is 0.656. The number of nitrogens with zero attached hydrogens (tertiary/aromatic N) is 2. The number of hydrogen-bond acceptors (Lipinski definition) is 3. The molecular formula is C7H5BrN2O. The number of aromatic nitrogens is 1. The Hall–Kier alpha value is -0.920. The molecule has 1 rings (SSSR count). The molecule has 11 heavy (non-hydrogen) atoms. The van der Waals surface area contributed by atoms with Gasteiger partial charge in [0.1, 0.15) is 10.7 Å². The molecule has 0 aromatic carbocycles. The van der Waals surface area contributed by atoms with Gasteiger partial charge in [0.2, 0.25) is 0 Å². The molecule has 0 unspecified atom stereocenters. The molecule has 1 heterocycles. The summed E-state index contributed by atoms with van der Waals surface area (Å²) in [6.07, 6.45) is 1.52. The highest BCUT2D eigenvalue weighted by molar-refractivity contribution is 9.10. The summed E-state index contributed by atoms with van der Waals surface area (Å²) < 4.78 is 0.511. The highest BCUT2D eigenvalue weighted by atomic mass is 79.9. The topological polar surface area (TPSA) is 56.9 Å². The van der Waals surface area contributed by atoms with Crippen LogP contribution >= 0.6 is 15.9 Å². The molecule has 3 nitrogen and oxygen atoms in total.